The first-order valence-corrected chi connectivity index (χ1v) is 10.2. The van der Waals surface area contributed by atoms with Crippen molar-refractivity contribution in [2.24, 2.45) is 5.41 Å². The Balaban J connectivity index is 1.66. The van der Waals surface area contributed by atoms with Crippen LogP contribution < -0.4 is 14.8 Å². The number of rotatable bonds is 9. The summed E-state index contributed by atoms with van der Waals surface area (Å²) < 4.78 is 18.9. The standard InChI is InChI=1S/C23H32N4O3/c1-16-19(17(2)30-26-16)14-29-20-8-7-18(11-21(20)28-6)12-25-22(23(3,4)5)13-27-10-9-24-15-27/h7-11,15,22,25H,12-14H2,1-6H3/t22-/m0/s1. The second kappa shape index (κ2) is 9.34. The van der Waals surface area contributed by atoms with E-state index >= 15 is 0 Å². The zero-order chi connectivity index (χ0) is 21.7. The number of aromatic nitrogens is 3. The summed E-state index contributed by atoms with van der Waals surface area (Å²) in [7, 11) is 1.66. The smallest absolute Gasteiger partial charge is 0.161 e. The van der Waals surface area contributed by atoms with Gasteiger partial charge in [0, 0.05) is 31.5 Å². The van der Waals surface area contributed by atoms with Crippen molar-refractivity contribution in [1.29, 1.82) is 0 Å². The van der Waals surface area contributed by atoms with Gasteiger partial charge in [0.15, 0.2) is 11.5 Å². The molecule has 3 rings (SSSR count). The number of nitrogens with one attached hydrogen (secondary N) is 1. The normalized spacial score (nSPS) is 12.7. The Morgan fingerprint density at radius 1 is 1.20 bits per heavy atom. The quantitative estimate of drug-likeness (QED) is 0.565. The Bertz CT molecular complexity index is 923. The van der Waals surface area contributed by atoms with Crippen molar-refractivity contribution < 1.29 is 14.0 Å². The Hall–Kier alpha value is -2.80. The van der Waals surface area contributed by atoms with Crippen LogP contribution in [0.5, 0.6) is 11.5 Å². The van der Waals surface area contributed by atoms with Crippen molar-refractivity contribution in [3.05, 3.63) is 59.5 Å². The van der Waals surface area contributed by atoms with Crippen LogP contribution in [0.25, 0.3) is 0 Å². The molecule has 0 spiro atoms. The van der Waals surface area contributed by atoms with Gasteiger partial charge in [-0.25, -0.2) is 4.98 Å². The van der Waals surface area contributed by atoms with Crippen molar-refractivity contribution in [1.82, 2.24) is 20.0 Å². The summed E-state index contributed by atoms with van der Waals surface area (Å²) in [4.78, 5) is 4.15. The predicted molar refractivity (Wildman–Crippen MR) is 116 cm³/mol. The first-order chi connectivity index (χ1) is 14.3. The van der Waals surface area contributed by atoms with Crippen molar-refractivity contribution in [3.63, 3.8) is 0 Å². The van der Waals surface area contributed by atoms with Crippen LogP contribution in [0.4, 0.5) is 0 Å². The van der Waals surface area contributed by atoms with Gasteiger partial charge in [-0.15, -0.1) is 0 Å². The van der Waals surface area contributed by atoms with Gasteiger partial charge in [-0.2, -0.15) is 0 Å². The van der Waals surface area contributed by atoms with E-state index in [-0.39, 0.29) is 11.5 Å². The number of imidazole rings is 1. The topological polar surface area (TPSA) is 74.3 Å². The number of aryl methyl sites for hydroxylation is 2. The van der Waals surface area contributed by atoms with Gasteiger partial charge in [-0.3, -0.25) is 0 Å². The number of methoxy groups -OCH3 is 1. The molecule has 1 atom stereocenters. The molecule has 0 fully saturated rings. The van der Waals surface area contributed by atoms with Crippen molar-refractivity contribution in [2.45, 2.75) is 60.4 Å². The summed E-state index contributed by atoms with van der Waals surface area (Å²) in [5.41, 5.74) is 3.05. The van der Waals surface area contributed by atoms with Crippen LogP contribution in [0.3, 0.4) is 0 Å². The second-order valence-electron chi connectivity index (χ2n) is 8.64. The lowest BCUT2D eigenvalue weighted by atomic mass is 9.86. The number of nitrogens with zero attached hydrogens (tertiary/aromatic N) is 3. The Morgan fingerprint density at radius 2 is 2.00 bits per heavy atom. The van der Waals surface area contributed by atoms with Gasteiger partial charge in [0.25, 0.3) is 0 Å². The molecule has 0 aliphatic rings. The van der Waals surface area contributed by atoms with Crippen molar-refractivity contribution in [3.8, 4) is 11.5 Å². The molecule has 0 radical (unpaired) electrons. The van der Waals surface area contributed by atoms with Gasteiger partial charge in [0.1, 0.15) is 12.4 Å². The fourth-order valence-corrected chi connectivity index (χ4v) is 3.29. The first-order valence-electron chi connectivity index (χ1n) is 10.2. The summed E-state index contributed by atoms with van der Waals surface area (Å²) in [5.74, 6) is 2.19. The minimum atomic E-state index is 0.103. The van der Waals surface area contributed by atoms with E-state index in [0.29, 0.717) is 18.1 Å². The van der Waals surface area contributed by atoms with Gasteiger partial charge >= 0.3 is 0 Å². The summed E-state index contributed by atoms with van der Waals surface area (Å²) in [6, 6.07) is 6.32. The minimum absolute atomic E-state index is 0.103. The number of benzene rings is 1. The van der Waals surface area contributed by atoms with Gasteiger partial charge < -0.3 is 23.9 Å². The molecular weight excluding hydrogens is 380 g/mol. The Labute approximate surface area is 178 Å². The fourth-order valence-electron chi connectivity index (χ4n) is 3.29. The van der Waals surface area contributed by atoms with E-state index < -0.39 is 0 Å². The molecule has 0 bridgehead atoms. The highest BCUT2D eigenvalue weighted by atomic mass is 16.5. The average Bonchev–Trinajstić information content (AvgIpc) is 3.33. The van der Waals surface area contributed by atoms with Gasteiger partial charge in [0.2, 0.25) is 0 Å². The van der Waals surface area contributed by atoms with Crippen LogP contribution in [0, 0.1) is 19.3 Å². The van der Waals surface area contributed by atoms with Gasteiger partial charge in [-0.1, -0.05) is 32.0 Å². The summed E-state index contributed by atoms with van der Waals surface area (Å²) in [5, 5.41) is 7.66. The largest absolute Gasteiger partial charge is 0.493 e. The molecule has 162 valence electrons. The Morgan fingerprint density at radius 3 is 2.60 bits per heavy atom. The van der Waals surface area contributed by atoms with E-state index in [1.165, 1.54) is 0 Å². The van der Waals surface area contributed by atoms with Gasteiger partial charge in [-0.05, 0) is 37.0 Å². The van der Waals surface area contributed by atoms with E-state index in [4.69, 9.17) is 14.0 Å². The highest BCUT2D eigenvalue weighted by molar-refractivity contribution is 5.43. The van der Waals surface area contributed by atoms with Crippen LogP contribution in [0.15, 0.2) is 41.4 Å². The van der Waals surface area contributed by atoms with Crippen LogP contribution in [-0.4, -0.2) is 27.9 Å². The number of ether oxygens (including phenoxy) is 2. The molecule has 0 saturated heterocycles. The zero-order valence-electron chi connectivity index (χ0n) is 18.7. The molecular formula is C23H32N4O3. The average molecular weight is 413 g/mol. The van der Waals surface area contributed by atoms with Crippen molar-refractivity contribution >= 4 is 0 Å². The molecule has 0 unspecified atom stereocenters. The molecule has 2 heterocycles. The molecule has 0 aliphatic heterocycles. The second-order valence-corrected chi connectivity index (χ2v) is 8.64. The van der Waals surface area contributed by atoms with E-state index in [1.807, 2.05) is 44.7 Å². The van der Waals surface area contributed by atoms with Crippen LogP contribution in [0.1, 0.15) is 43.4 Å². The molecule has 7 heteroatoms. The summed E-state index contributed by atoms with van der Waals surface area (Å²) >= 11 is 0. The molecule has 0 amide bonds. The van der Waals surface area contributed by atoms with Crippen LogP contribution in [0.2, 0.25) is 0 Å². The Kier molecular flexibility index (Phi) is 6.82. The molecule has 30 heavy (non-hydrogen) atoms. The highest BCUT2D eigenvalue weighted by Crippen LogP contribution is 2.30. The highest BCUT2D eigenvalue weighted by Gasteiger charge is 2.24. The maximum atomic E-state index is 5.98. The summed E-state index contributed by atoms with van der Waals surface area (Å²) in [6.07, 6.45) is 5.66. The van der Waals surface area contributed by atoms with E-state index in [1.54, 1.807) is 7.11 Å². The predicted octanol–water partition coefficient (Wildman–Crippen LogP) is 4.28. The van der Waals surface area contributed by atoms with Crippen LogP contribution in [-0.2, 0) is 19.7 Å². The maximum absolute atomic E-state index is 5.98. The van der Waals surface area contributed by atoms with Crippen molar-refractivity contribution in [2.75, 3.05) is 7.11 Å². The minimum Gasteiger partial charge on any atom is -0.493 e. The summed E-state index contributed by atoms with van der Waals surface area (Å²) in [6.45, 7) is 12.5. The lowest BCUT2D eigenvalue weighted by molar-refractivity contribution is 0.240. The third kappa shape index (κ3) is 5.42. The monoisotopic (exact) mass is 412 g/mol. The third-order valence-corrected chi connectivity index (χ3v) is 5.33. The maximum Gasteiger partial charge on any atom is 0.161 e. The zero-order valence-corrected chi connectivity index (χ0v) is 18.7. The molecule has 1 aromatic carbocycles. The lowest BCUT2D eigenvalue weighted by Gasteiger charge is -2.32. The molecule has 2 aromatic heterocycles. The number of hydrogen-bond acceptors (Lipinski definition) is 6. The van der Waals surface area contributed by atoms with E-state index in [9.17, 15) is 0 Å². The van der Waals surface area contributed by atoms with E-state index in [2.05, 4.69) is 46.9 Å². The molecule has 3 aromatic rings. The van der Waals surface area contributed by atoms with E-state index in [0.717, 1.165) is 35.7 Å². The first kappa shape index (κ1) is 21.9. The third-order valence-electron chi connectivity index (χ3n) is 5.33. The lowest BCUT2D eigenvalue weighted by Crippen LogP contribution is -2.42. The molecule has 1 N–H and O–H groups in total. The number of hydrogen-bond donors (Lipinski definition) is 1. The fraction of sp³-hybridized carbons (Fsp3) is 0.478. The van der Waals surface area contributed by atoms with Gasteiger partial charge in [0.05, 0.1) is 24.7 Å². The molecule has 7 nitrogen and oxygen atoms in total. The molecule has 0 aliphatic carbocycles. The SMILES string of the molecule is COc1cc(CN[C@@H](Cn2ccnc2)C(C)(C)C)ccc1OCc1c(C)noc1C. The molecule has 0 saturated carbocycles. The van der Waals surface area contributed by atoms with Crippen LogP contribution >= 0.6 is 0 Å².